The van der Waals surface area contributed by atoms with Gasteiger partial charge in [-0.15, -0.1) is 0 Å². The first-order valence-corrected chi connectivity index (χ1v) is 8.21. The number of carbonyl (C=O) groups excluding carboxylic acids is 1. The Balaban J connectivity index is 1.82. The molecular formula is C21H18N2O2. The van der Waals surface area contributed by atoms with E-state index in [1.54, 1.807) is 9.96 Å². The van der Waals surface area contributed by atoms with Gasteiger partial charge >= 0.3 is 6.09 Å². The van der Waals surface area contributed by atoms with Gasteiger partial charge < -0.3 is 4.84 Å². The SMILES string of the molecule is Cc1ccc(N2C(=O)ON(c3ccccc3)[C@@H]2c2ccccc2)cc1. The number of benzene rings is 3. The Kier molecular flexibility index (Phi) is 3.86. The highest BCUT2D eigenvalue weighted by Gasteiger charge is 2.42. The Morgan fingerprint density at radius 3 is 2.00 bits per heavy atom. The standard InChI is InChI=1S/C21H18N2O2/c1-16-12-14-18(15-13-16)22-20(17-8-4-2-5-9-17)23(25-21(22)24)19-10-6-3-7-11-19/h2-15,20H,1H3/t20-/m1/s1. The van der Waals surface area contributed by atoms with Gasteiger partial charge in [-0.05, 0) is 36.8 Å². The number of rotatable bonds is 3. The summed E-state index contributed by atoms with van der Waals surface area (Å²) >= 11 is 0. The Hall–Kier alpha value is -3.27. The van der Waals surface area contributed by atoms with Crippen molar-refractivity contribution in [1.82, 2.24) is 0 Å². The summed E-state index contributed by atoms with van der Waals surface area (Å²) in [5.41, 5.74) is 3.77. The van der Waals surface area contributed by atoms with E-state index in [2.05, 4.69) is 0 Å². The molecule has 25 heavy (non-hydrogen) atoms. The van der Waals surface area contributed by atoms with Gasteiger partial charge in [0.05, 0.1) is 5.69 Å². The average molecular weight is 330 g/mol. The highest BCUT2D eigenvalue weighted by atomic mass is 16.7. The summed E-state index contributed by atoms with van der Waals surface area (Å²) in [7, 11) is 0. The first kappa shape index (κ1) is 15.3. The number of carbonyl (C=O) groups is 1. The van der Waals surface area contributed by atoms with Crippen molar-refractivity contribution in [3.63, 3.8) is 0 Å². The first-order chi connectivity index (χ1) is 12.2. The quantitative estimate of drug-likeness (QED) is 0.672. The van der Waals surface area contributed by atoms with Crippen molar-refractivity contribution >= 4 is 17.5 Å². The summed E-state index contributed by atoms with van der Waals surface area (Å²) in [6.45, 7) is 2.02. The molecule has 124 valence electrons. The van der Waals surface area contributed by atoms with Crippen LogP contribution in [0, 0.1) is 6.92 Å². The van der Waals surface area contributed by atoms with Crippen LogP contribution < -0.4 is 9.96 Å². The van der Waals surface area contributed by atoms with E-state index in [1.165, 1.54) is 0 Å². The fourth-order valence-corrected chi connectivity index (χ4v) is 3.01. The number of hydrogen-bond acceptors (Lipinski definition) is 3. The molecule has 0 radical (unpaired) electrons. The van der Waals surface area contributed by atoms with Crippen LogP contribution in [0.3, 0.4) is 0 Å². The lowest BCUT2D eigenvalue weighted by Crippen LogP contribution is -2.31. The topological polar surface area (TPSA) is 32.8 Å². The Bertz CT molecular complexity index is 863. The van der Waals surface area contributed by atoms with Crippen molar-refractivity contribution in [3.8, 4) is 0 Å². The maximum atomic E-state index is 12.7. The average Bonchev–Trinajstić information content (AvgIpc) is 3.01. The number of aryl methyl sites for hydroxylation is 1. The van der Waals surface area contributed by atoms with Crippen LogP contribution in [0.4, 0.5) is 16.2 Å². The minimum atomic E-state index is -0.387. The van der Waals surface area contributed by atoms with Gasteiger partial charge in [0.25, 0.3) is 0 Å². The predicted molar refractivity (Wildman–Crippen MR) is 98.2 cm³/mol. The molecule has 0 saturated carbocycles. The van der Waals surface area contributed by atoms with Gasteiger partial charge in [-0.1, -0.05) is 66.2 Å². The number of amides is 1. The zero-order valence-electron chi connectivity index (χ0n) is 13.9. The molecular weight excluding hydrogens is 312 g/mol. The molecule has 1 saturated heterocycles. The molecule has 1 heterocycles. The van der Waals surface area contributed by atoms with E-state index in [0.717, 1.165) is 22.5 Å². The number of para-hydroxylation sites is 1. The zero-order chi connectivity index (χ0) is 17.2. The lowest BCUT2D eigenvalue weighted by molar-refractivity contribution is 0.164. The Morgan fingerprint density at radius 2 is 1.36 bits per heavy atom. The van der Waals surface area contributed by atoms with Crippen molar-refractivity contribution in [1.29, 1.82) is 0 Å². The highest BCUT2D eigenvalue weighted by Crippen LogP contribution is 2.39. The van der Waals surface area contributed by atoms with E-state index in [4.69, 9.17) is 4.84 Å². The summed E-state index contributed by atoms with van der Waals surface area (Å²) in [6, 6.07) is 27.5. The van der Waals surface area contributed by atoms with Gasteiger partial charge in [-0.2, -0.15) is 5.06 Å². The molecule has 0 spiro atoms. The summed E-state index contributed by atoms with van der Waals surface area (Å²) in [5, 5.41) is 1.66. The van der Waals surface area contributed by atoms with E-state index in [-0.39, 0.29) is 12.3 Å². The second-order valence-corrected chi connectivity index (χ2v) is 6.01. The van der Waals surface area contributed by atoms with Crippen molar-refractivity contribution in [2.75, 3.05) is 9.96 Å². The van der Waals surface area contributed by atoms with Crippen molar-refractivity contribution in [3.05, 3.63) is 96.1 Å². The number of anilines is 2. The molecule has 4 heteroatoms. The maximum Gasteiger partial charge on any atom is 0.440 e. The molecule has 0 aromatic heterocycles. The van der Waals surface area contributed by atoms with E-state index in [9.17, 15) is 4.79 Å². The van der Waals surface area contributed by atoms with Gasteiger partial charge in [0, 0.05) is 5.69 Å². The van der Waals surface area contributed by atoms with Crippen molar-refractivity contribution in [2.45, 2.75) is 13.1 Å². The largest absolute Gasteiger partial charge is 0.440 e. The Labute approximate surface area is 146 Å². The van der Waals surface area contributed by atoms with Crippen LogP contribution in [-0.4, -0.2) is 6.09 Å². The smallest absolute Gasteiger partial charge is 0.319 e. The number of nitrogens with zero attached hydrogens (tertiary/aromatic N) is 2. The molecule has 0 aliphatic carbocycles. The molecule has 1 aliphatic heterocycles. The predicted octanol–water partition coefficient (Wildman–Crippen LogP) is 5.07. The molecule has 0 bridgehead atoms. The van der Waals surface area contributed by atoms with Crippen LogP contribution in [-0.2, 0) is 4.84 Å². The van der Waals surface area contributed by atoms with E-state index < -0.39 is 0 Å². The summed E-state index contributed by atoms with van der Waals surface area (Å²) in [6.07, 6.45) is -0.750. The fourth-order valence-electron chi connectivity index (χ4n) is 3.01. The van der Waals surface area contributed by atoms with Crippen molar-refractivity contribution in [2.24, 2.45) is 0 Å². The molecule has 1 atom stereocenters. The van der Waals surface area contributed by atoms with Crippen LogP contribution in [0.2, 0.25) is 0 Å². The second-order valence-electron chi connectivity index (χ2n) is 6.01. The molecule has 4 nitrogen and oxygen atoms in total. The zero-order valence-corrected chi connectivity index (χ0v) is 13.9. The number of hydrogen-bond donors (Lipinski definition) is 0. The minimum Gasteiger partial charge on any atom is -0.319 e. The molecule has 1 fully saturated rings. The Morgan fingerprint density at radius 1 is 0.760 bits per heavy atom. The second kappa shape index (κ2) is 6.32. The van der Waals surface area contributed by atoms with Crippen LogP contribution in [0.5, 0.6) is 0 Å². The molecule has 4 rings (SSSR count). The lowest BCUT2D eigenvalue weighted by Gasteiger charge is -2.27. The normalized spacial score (nSPS) is 16.8. The van der Waals surface area contributed by atoms with Crippen LogP contribution >= 0.6 is 0 Å². The van der Waals surface area contributed by atoms with Gasteiger partial charge in [-0.3, -0.25) is 0 Å². The molecule has 0 unspecified atom stereocenters. The van der Waals surface area contributed by atoms with Crippen LogP contribution in [0.15, 0.2) is 84.9 Å². The minimum absolute atomic E-state index is 0.362. The third kappa shape index (κ3) is 2.83. The molecule has 1 amide bonds. The highest BCUT2D eigenvalue weighted by molar-refractivity contribution is 5.92. The van der Waals surface area contributed by atoms with Gasteiger partial charge in [0.1, 0.15) is 0 Å². The lowest BCUT2D eigenvalue weighted by atomic mass is 10.1. The summed E-state index contributed by atoms with van der Waals surface area (Å²) in [5.74, 6) is 0. The molecule has 0 N–H and O–H groups in total. The number of hydroxylamine groups is 1. The molecule has 3 aromatic rings. The van der Waals surface area contributed by atoms with E-state index >= 15 is 0 Å². The van der Waals surface area contributed by atoms with Gasteiger partial charge in [-0.25, -0.2) is 9.69 Å². The summed E-state index contributed by atoms with van der Waals surface area (Å²) < 4.78 is 0. The monoisotopic (exact) mass is 330 g/mol. The van der Waals surface area contributed by atoms with Gasteiger partial charge in [0.15, 0.2) is 6.17 Å². The third-order valence-corrected chi connectivity index (χ3v) is 4.26. The van der Waals surface area contributed by atoms with Crippen LogP contribution in [0.1, 0.15) is 17.3 Å². The molecule has 3 aromatic carbocycles. The third-order valence-electron chi connectivity index (χ3n) is 4.26. The van der Waals surface area contributed by atoms with Crippen molar-refractivity contribution < 1.29 is 9.63 Å². The van der Waals surface area contributed by atoms with E-state index in [1.807, 2.05) is 91.9 Å². The van der Waals surface area contributed by atoms with Gasteiger partial charge in [0.2, 0.25) is 0 Å². The van der Waals surface area contributed by atoms with E-state index in [0.29, 0.717) is 0 Å². The fraction of sp³-hybridized carbons (Fsp3) is 0.0952. The van der Waals surface area contributed by atoms with Crippen LogP contribution in [0.25, 0.3) is 0 Å². The first-order valence-electron chi connectivity index (χ1n) is 8.21. The summed E-state index contributed by atoms with van der Waals surface area (Å²) in [4.78, 5) is 20.0. The maximum absolute atomic E-state index is 12.7. The molecule has 1 aliphatic rings.